The number of hydrogen-bond donors (Lipinski definition) is 0. The minimum absolute atomic E-state index is 0.0206. The van der Waals surface area contributed by atoms with Crippen molar-refractivity contribution >= 4 is 11.8 Å². The van der Waals surface area contributed by atoms with Crippen LogP contribution in [0.25, 0.3) is 0 Å². The molecule has 1 aromatic carbocycles. The summed E-state index contributed by atoms with van der Waals surface area (Å²) in [6, 6.07) is 10.0. The van der Waals surface area contributed by atoms with Crippen LogP contribution in [0.1, 0.15) is 31.2 Å². The molecule has 0 aliphatic carbocycles. The Morgan fingerprint density at radius 1 is 1.17 bits per heavy atom. The molecule has 0 radical (unpaired) electrons. The van der Waals surface area contributed by atoms with E-state index in [1.54, 1.807) is 4.90 Å². The summed E-state index contributed by atoms with van der Waals surface area (Å²) in [5.41, 5.74) is 1.14. The third-order valence-corrected chi connectivity index (χ3v) is 5.00. The van der Waals surface area contributed by atoms with Gasteiger partial charge in [-0.15, -0.1) is 0 Å². The lowest BCUT2D eigenvalue weighted by molar-refractivity contribution is -0.145. The first kappa shape index (κ1) is 17.0. The van der Waals surface area contributed by atoms with Gasteiger partial charge in [-0.1, -0.05) is 30.3 Å². The lowest BCUT2D eigenvalue weighted by atomic mass is 9.94. The van der Waals surface area contributed by atoms with Gasteiger partial charge in [0.25, 0.3) is 5.91 Å². The van der Waals surface area contributed by atoms with E-state index in [0.717, 1.165) is 31.2 Å². The Kier molecular flexibility index (Phi) is 5.51. The maximum atomic E-state index is 12.6. The van der Waals surface area contributed by atoms with Crippen LogP contribution in [0.3, 0.4) is 0 Å². The molecule has 1 atom stereocenters. The lowest BCUT2D eigenvalue weighted by Crippen LogP contribution is -2.46. The second-order valence-electron chi connectivity index (χ2n) is 6.78. The lowest BCUT2D eigenvalue weighted by Gasteiger charge is -2.34. The summed E-state index contributed by atoms with van der Waals surface area (Å²) in [5.74, 6) is 0.311. The van der Waals surface area contributed by atoms with Crippen LogP contribution in [0.5, 0.6) is 0 Å². The van der Waals surface area contributed by atoms with Gasteiger partial charge >= 0.3 is 0 Å². The number of rotatable bonds is 4. The van der Waals surface area contributed by atoms with Gasteiger partial charge in [0.15, 0.2) is 0 Å². The molecule has 130 valence electrons. The summed E-state index contributed by atoms with van der Waals surface area (Å²) in [6.07, 6.45) is 3.04. The number of benzene rings is 1. The zero-order valence-corrected chi connectivity index (χ0v) is 14.3. The number of carbonyl (C=O) groups excluding carboxylic acids is 2. The fourth-order valence-electron chi connectivity index (χ4n) is 3.57. The molecule has 5 nitrogen and oxygen atoms in total. The molecule has 0 aromatic heterocycles. The second kappa shape index (κ2) is 7.79. The highest BCUT2D eigenvalue weighted by Crippen LogP contribution is 2.23. The fourth-order valence-corrected chi connectivity index (χ4v) is 3.57. The van der Waals surface area contributed by atoms with Crippen molar-refractivity contribution < 1.29 is 14.3 Å². The van der Waals surface area contributed by atoms with Crippen LogP contribution in [0.2, 0.25) is 0 Å². The third kappa shape index (κ3) is 3.96. The molecular weight excluding hydrogens is 304 g/mol. The van der Waals surface area contributed by atoms with Crippen molar-refractivity contribution in [2.45, 2.75) is 38.3 Å². The highest BCUT2D eigenvalue weighted by Gasteiger charge is 2.33. The number of hydrogen-bond acceptors (Lipinski definition) is 3. The number of nitrogens with zero attached hydrogens (tertiary/aromatic N) is 2. The van der Waals surface area contributed by atoms with Crippen LogP contribution in [0.4, 0.5) is 0 Å². The van der Waals surface area contributed by atoms with Crippen molar-refractivity contribution in [1.82, 2.24) is 9.80 Å². The Balaban J connectivity index is 1.48. The van der Waals surface area contributed by atoms with E-state index in [1.165, 1.54) is 0 Å². The van der Waals surface area contributed by atoms with E-state index in [4.69, 9.17) is 4.74 Å². The van der Waals surface area contributed by atoms with Crippen LogP contribution in [-0.4, -0.2) is 54.5 Å². The van der Waals surface area contributed by atoms with Crippen molar-refractivity contribution in [3.8, 4) is 0 Å². The van der Waals surface area contributed by atoms with E-state index < -0.39 is 0 Å². The van der Waals surface area contributed by atoms with Crippen molar-refractivity contribution in [2.24, 2.45) is 5.92 Å². The molecule has 2 aliphatic heterocycles. The van der Waals surface area contributed by atoms with Crippen LogP contribution < -0.4 is 0 Å². The highest BCUT2D eigenvalue weighted by molar-refractivity contribution is 5.82. The van der Waals surface area contributed by atoms with Gasteiger partial charge in [0, 0.05) is 39.2 Å². The first-order chi connectivity index (χ1) is 11.6. The minimum atomic E-state index is -0.252. The van der Waals surface area contributed by atoms with E-state index in [9.17, 15) is 9.59 Å². The normalized spacial score (nSPS) is 21.7. The van der Waals surface area contributed by atoms with Crippen LogP contribution >= 0.6 is 0 Å². The van der Waals surface area contributed by atoms with E-state index in [-0.39, 0.29) is 23.8 Å². The first-order valence-electron chi connectivity index (χ1n) is 8.84. The Morgan fingerprint density at radius 3 is 2.50 bits per heavy atom. The molecule has 2 heterocycles. The quantitative estimate of drug-likeness (QED) is 0.849. The molecule has 24 heavy (non-hydrogen) atoms. The average molecular weight is 330 g/mol. The number of piperidine rings is 1. The van der Waals surface area contributed by atoms with Gasteiger partial charge in [0.1, 0.15) is 6.10 Å². The SMILES string of the molecule is CN(Cc1ccccc1)C(=O)C1CCN(C(=O)C2CCCO2)CC1. The van der Waals surface area contributed by atoms with Gasteiger partial charge in [0.05, 0.1) is 0 Å². The van der Waals surface area contributed by atoms with Crippen molar-refractivity contribution in [1.29, 1.82) is 0 Å². The Labute approximate surface area is 143 Å². The van der Waals surface area contributed by atoms with Gasteiger partial charge in [0.2, 0.25) is 5.91 Å². The molecule has 2 aliphatic rings. The third-order valence-electron chi connectivity index (χ3n) is 5.00. The predicted molar refractivity (Wildman–Crippen MR) is 91.2 cm³/mol. The molecule has 0 saturated carbocycles. The maximum absolute atomic E-state index is 12.6. The summed E-state index contributed by atoms with van der Waals surface area (Å²) in [7, 11) is 1.86. The van der Waals surface area contributed by atoms with Crippen LogP contribution in [0, 0.1) is 5.92 Å². The summed E-state index contributed by atoms with van der Waals surface area (Å²) >= 11 is 0. The number of likely N-dealkylation sites (tertiary alicyclic amines) is 1. The molecule has 2 fully saturated rings. The zero-order chi connectivity index (χ0) is 16.9. The Hall–Kier alpha value is -1.88. The summed E-state index contributed by atoms with van der Waals surface area (Å²) in [4.78, 5) is 28.7. The standard InChI is InChI=1S/C19H26N2O3/c1-20(14-15-6-3-2-4-7-15)18(22)16-9-11-21(12-10-16)19(23)17-8-5-13-24-17/h2-4,6-7,16-17H,5,8-14H2,1H3. The van der Waals surface area contributed by atoms with Crippen molar-refractivity contribution in [2.75, 3.05) is 26.7 Å². The van der Waals surface area contributed by atoms with Gasteiger partial charge in [-0.3, -0.25) is 9.59 Å². The minimum Gasteiger partial charge on any atom is -0.368 e. The van der Waals surface area contributed by atoms with Crippen LogP contribution in [-0.2, 0) is 20.9 Å². The van der Waals surface area contributed by atoms with E-state index in [1.807, 2.05) is 42.3 Å². The molecule has 2 amide bonds. The molecule has 2 saturated heterocycles. The van der Waals surface area contributed by atoms with Gasteiger partial charge in [-0.2, -0.15) is 0 Å². The van der Waals surface area contributed by atoms with E-state index >= 15 is 0 Å². The van der Waals surface area contributed by atoms with Crippen molar-refractivity contribution in [3.63, 3.8) is 0 Å². The van der Waals surface area contributed by atoms with E-state index in [0.29, 0.717) is 26.2 Å². The average Bonchev–Trinajstić information content (AvgIpc) is 3.16. The number of ether oxygens (including phenoxy) is 1. The zero-order valence-electron chi connectivity index (χ0n) is 14.3. The van der Waals surface area contributed by atoms with Crippen LogP contribution in [0.15, 0.2) is 30.3 Å². The monoisotopic (exact) mass is 330 g/mol. The maximum Gasteiger partial charge on any atom is 0.251 e. The molecule has 0 spiro atoms. The summed E-state index contributed by atoms with van der Waals surface area (Å²) in [6.45, 7) is 2.65. The number of amides is 2. The predicted octanol–water partition coefficient (Wildman–Crippen LogP) is 2.06. The fraction of sp³-hybridized carbons (Fsp3) is 0.579. The molecular formula is C19H26N2O3. The smallest absolute Gasteiger partial charge is 0.251 e. The molecule has 1 aromatic rings. The Morgan fingerprint density at radius 2 is 1.88 bits per heavy atom. The largest absolute Gasteiger partial charge is 0.368 e. The van der Waals surface area contributed by atoms with Gasteiger partial charge in [-0.05, 0) is 31.2 Å². The second-order valence-corrected chi connectivity index (χ2v) is 6.78. The molecule has 3 rings (SSSR count). The van der Waals surface area contributed by atoms with E-state index in [2.05, 4.69) is 0 Å². The Bertz CT molecular complexity index is 561. The molecule has 1 unspecified atom stereocenters. The molecule has 0 N–H and O–H groups in total. The molecule has 5 heteroatoms. The highest BCUT2D eigenvalue weighted by atomic mass is 16.5. The van der Waals surface area contributed by atoms with Crippen molar-refractivity contribution in [3.05, 3.63) is 35.9 Å². The molecule has 0 bridgehead atoms. The topological polar surface area (TPSA) is 49.9 Å². The first-order valence-corrected chi connectivity index (χ1v) is 8.84. The van der Waals surface area contributed by atoms with Gasteiger partial charge < -0.3 is 14.5 Å². The summed E-state index contributed by atoms with van der Waals surface area (Å²) < 4.78 is 5.48. The summed E-state index contributed by atoms with van der Waals surface area (Å²) in [5, 5.41) is 0. The number of carbonyl (C=O) groups is 2. The van der Waals surface area contributed by atoms with Gasteiger partial charge in [-0.25, -0.2) is 0 Å².